The van der Waals surface area contributed by atoms with Crippen LogP contribution in [0.4, 0.5) is 0 Å². The summed E-state index contributed by atoms with van der Waals surface area (Å²) >= 11 is 6.14. The summed E-state index contributed by atoms with van der Waals surface area (Å²) in [6, 6.07) is 7.91. The lowest BCUT2D eigenvalue weighted by Gasteiger charge is -2.17. The summed E-state index contributed by atoms with van der Waals surface area (Å²) in [5.74, 6) is 0.812. The molecule has 0 bridgehead atoms. The van der Waals surface area contributed by atoms with Gasteiger partial charge in [0.25, 0.3) is 0 Å². The molecule has 0 spiro atoms. The topological polar surface area (TPSA) is 48.9 Å². The predicted molar refractivity (Wildman–Crippen MR) is 93.9 cm³/mol. The summed E-state index contributed by atoms with van der Waals surface area (Å²) in [4.78, 5) is 6.43. The third kappa shape index (κ3) is 7.64. The van der Waals surface area contributed by atoms with Crippen LogP contribution in [0.2, 0.25) is 5.02 Å². The second kappa shape index (κ2) is 11.3. The number of hydrogen-bond acceptors (Lipinski definition) is 3. The van der Waals surface area contributed by atoms with Gasteiger partial charge >= 0.3 is 0 Å². The van der Waals surface area contributed by atoms with E-state index in [2.05, 4.69) is 27.6 Å². The zero-order valence-electron chi connectivity index (χ0n) is 13.7. The molecule has 0 fully saturated rings. The van der Waals surface area contributed by atoms with E-state index in [9.17, 15) is 0 Å². The van der Waals surface area contributed by atoms with Crippen LogP contribution in [-0.2, 0) is 11.2 Å². The van der Waals surface area contributed by atoms with E-state index in [-0.39, 0.29) is 0 Å². The minimum absolute atomic E-state index is 0.751. The lowest BCUT2D eigenvalue weighted by atomic mass is 10.1. The van der Waals surface area contributed by atoms with Crippen molar-refractivity contribution in [2.75, 3.05) is 54.0 Å². The fraction of sp³-hybridized carbons (Fsp3) is 0.562. The first-order valence-electron chi connectivity index (χ1n) is 7.52. The van der Waals surface area contributed by atoms with E-state index in [1.54, 1.807) is 14.2 Å². The summed E-state index contributed by atoms with van der Waals surface area (Å²) in [7, 11) is 5.57. The number of aliphatic imine (C=N–C) groups is 1. The molecule has 5 nitrogen and oxygen atoms in total. The van der Waals surface area contributed by atoms with E-state index in [0.717, 1.165) is 55.8 Å². The third-order valence-electron chi connectivity index (χ3n) is 3.33. The first-order valence-corrected chi connectivity index (χ1v) is 7.90. The van der Waals surface area contributed by atoms with Crippen LogP contribution in [0.15, 0.2) is 29.3 Å². The average molecular weight is 327 g/mol. The number of rotatable bonds is 9. The summed E-state index contributed by atoms with van der Waals surface area (Å²) in [5, 5.41) is 7.41. The van der Waals surface area contributed by atoms with Crippen molar-refractivity contribution in [1.82, 2.24) is 15.5 Å². The van der Waals surface area contributed by atoms with Gasteiger partial charge in [0.1, 0.15) is 0 Å². The molecule has 0 saturated carbocycles. The fourth-order valence-corrected chi connectivity index (χ4v) is 2.19. The Morgan fingerprint density at radius 3 is 2.64 bits per heavy atom. The van der Waals surface area contributed by atoms with E-state index >= 15 is 0 Å². The molecule has 22 heavy (non-hydrogen) atoms. The summed E-state index contributed by atoms with van der Waals surface area (Å²) in [6.07, 6.45) is 0.869. The normalized spacial score (nSPS) is 11.8. The fourth-order valence-electron chi connectivity index (χ4n) is 1.96. The molecule has 0 amide bonds. The quantitative estimate of drug-likeness (QED) is 0.535. The smallest absolute Gasteiger partial charge is 0.191 e. The molecule has 0 atom stereocenters. The summed E-state index contributed by atoms with van der Waals surface area (Å²) in [5.41, 5.74) is 1.14. The second-order valence-corrected chi connectivity index (χ2v) is 5.47. The van der Waals surface area contributed by atoms with Gasteiger partial charge < -0.3 is 20.3 Å². The highest BCUT2D eigenvalue weighted by molar-refractivity contribution is 6.31. The summed E-state index contributed by atoms with van der Waals surface area (Å²) < 4.78 is 5.06. The minimum Gasteiger partial charge on any atom is -0.383 e. The molecule has 0 aromatic heterocycles. The Hall–Kier alpha value is -1.30. The van der Waals surface area contributed by atoms with E-state index in [4.69, 9.17) is 16.3 Å². The number of methoxy groups -OCH3 is 1. The van der Waals surface area contributed by atoms with Crippen molar-refractivity contribution >= 4 is 17.6 Å². The number of nitrogens with zero attached hydrogens (tertiary/aromatic N) is 2. The van der Waals surface area contributed by atoms with Crippen LogP contribution in [0, 0.1) is 0 Å². The summed E-state index contributed by atoms with van der Waals surface area (Å²) in [6.45, 7) is 4.25. The van der Waals surface area contributed by atoms with Crippen LogP contribution in [0.5, 0.6) is 0 Å². The van der Waals surface area contributed by atoms with Gasteiger partial charge in [-0.2, -0.15) is 0 Å². The van der Waals surface area contributed by atoms with Crippen molar-refractivity contribution in [3.63, 3.8) is 0 Å². The molecule has 1 rings (SSSR count). The molecular formula is C16H27ClN4O. The lowest BCUT2D eigenvalue weighted by molar-refractivity contribution is 0.162. The Bertz CT molecular complexity index is 454. The molecule has 1 aromatic carbocycles. The second-order valence-electron chi connectivity index (χ2n) is 5.06. The van der Waals surface area contributed by atoms with Gasteiger partial charge in [-0.05, 0) is 25.1 Å². The molecule has 0 radical (unpaired) electrons. The first-order chi connectivity index (χ1) is 10.7. The van der Waals surface area contributed by atoms with Crippen LogP contribution < -0.4 is 10.6 Å². The minimum atomic E-state index is 0.751. The zero-order chi connectivity index (χ0) is 16.2. The van der Waals surface area contributed by atoms with Crippen molar-refractivity contribution in [1.29, 1.82) is 0 Å². The predicted octanol–water partition coefficient (Wildman–Crippen LogP) is 1.63. The van der Waals surface area contributed by atoms with Gasteiger partial charge in [-0.3, -0.25) is 4.99 Å². The van der Waals surface area contributed by atoms with Crippen molar-refractivity contribution < 1.29 is 4.74 Å². The van der Waals surface area contributed by atoms with Gasteiger partial charge in [0.15, 0.2) is 5.96 Å². The monoisotopic (exact) mass is 326 g/mol. The van der Waals surface area contributed by atoms with Crippen LogP contribution in [0.25, 0.3) is 0 Å². The number of likely N-dealkylation sites (N-methyl/N-ethyl adjacent to an activating group) is 1. The van der Waals surface area contributed by atoms with Crippen molar-refractivity contribution in [2.24, 2.45) is 4.99 Å². The van der Waals surface area contributed by atoms with Gasteiger partial charge in [-0.15, -0.1) is 0 Å². The first kappa shape index (κ1) is 18.7. The van der Waals surface area contributed by atoms with Gasteiger partial charge in [0.2, 0.25) is 0 Å². The average Bonchev–Trinajstić information content (AvgIpc) is 2.53. The molecule has 6 heteroatoms. The Balaban J connectivity index is 2.21. The molecule has 124 valence electrons. The molecule has 1 aromatic rings. The molecule has 0 heterocycles. The Kier molecular flexibility index (Phi) is 9.62. The van der Waals surface area contributed by atoms with Crippen LogP contribution in [0.3, 0.4) is 0 Å². The lowest BCUT2D eigenvalue weighted by Crippen LogP contribution is -2.42. The standard InChI is InChI=1S/C16H27ClN4O/c1-18-16(20-10-11-21(2)12-13-22-3)19-9-8-14-6-4-5-7-15(14)17/h4-7H,8-13H2,1-3H3,(H2,18,19,20). The van der Waals surface area contributed by atoms with Crippen molar-refractivity contribution in [3.05, 3.63) is 34.9 Å². The van der Waals surface area contributed by atoms with Crippen LogP contribution in [0.1, 0.15) is 5.56 Å². The number of halogens is 1. The SMILES string of the molecule is CN=C(NCCc1ccccc1Cl)NCCN(C)CCOC. The molecular weight excluding hydrogens is 300 g/mol. The van der Waals surface area contributed by atoms with E-state index < -0.39 is 0 Å². The Morgan fingerprint density at radius 2 is 1.95 bits per heavy atom. The number of benzene rings is 1. The molecule has 2 N–H and O–H groups in total. The number of hydrogen-bond donors (Lipinski definition) is 2. The van der Waals surface area contributed by atoms with Crippen LogP contribution >= 0.6 is 11.6 Å². The molecule has 0 saturated heterocycles. The molecule has 0 aliphatic heterocycles. The van der Waals surface area contributed by atoms with Crippen molar-refractivity contribution in [2.45, 2.75) is 6.42 Å². The maximum absolute atomic E-state index is 6.14. The largest absolute Gasteiger partial charge is 0.383 e. The van der Waals surface area contributed by atoms with E-state index in [1.165, 1.54) is 0 Å². The van der Waals surface area contributed by atoms with E-state index in [1.807, 2.05) is 24.3 Å². The molecule has 0 aliphatic rings. The van der Waals surface area contributed by atoms with Gasteiger partial charge in [0, 0.05) is 45.4 Å². The van der Waals surface area contributed by atoms with Gasteiger partial charge in [-0.1, -0.05) is 29.8 Å². The zero-order valence-corrected chi connectivity index (χ0v) is 14.5. The van der Waals surface area contributed by atoms with Gasteiger partial charge in [0.05, 0.1) is 6.61 Å². The highest BCUT2D eigenvalue weighted by Gasteiger charge is 2.02. The Labute approximate surface area is 138 Å². The van der Waals surface area contributed by atoms with Crippen molar-refractivity contribution in [3.8, 4) is 0 Å². The van der Waals surface area contributed by atoms with Crippen LogP contribution in [-0.4, -0.2) is 64.9 Å². The van der Waals surface area contributed by atoms with E-state index in [0.29, 0.717) is 0 Å². The number of nitrogens with one attached hydrogen (secondary N) is 2. The number of guanidine groups is 1. The third-order valence-corrected chi connectivity index (χ3v) is 3.70. The molecule has 0 unspecified atom stereocenters. The van der Waals surface area contributed by atoms with Gasteiger partial charge in [-0.25, -0.2) is 0 Å². The number of ether oxygens (including phenoxy) is 1. The Morgan fingerprint density at radius 1 is 1.23 bits per heavy atom. The maximum Gasteiger partial charge on any atom is 0.191 e. The highest BCUT2D eigenvalue weighted by atomic mass is 35.5. The maximum atomic E-state index is 6.14. The highest BCUT2D eigenvalue weighted by Crippen LogP contribution is 2.14. The molecule has 0 aliphatic carbocycles.